The number of carbonyl (C=O) groups excluding carboxylic acids is 1. The Kier molecular flexibility index (Phi) is 4.86. The Morgan fingerprint density at radius 3 is 2.78 bits per heavy atom. The molecular weight excluding hydrogens is 290 g/mol. The van der Waals surface area contributed by atoms with Crippen LogP contribution in [0.15, 0.2) is 36.4 Å². The van der Waals surface area contributed by atoms with Crippen LogP contribution < -0.4 is 15.4 Å². The van der Waals surface area contributed by atoms with Crippen molar-refractivity contribution in [2.24, 2.45) is 0 Å². The summed E-state index contributed by atoms with van der Waals surface area (Å²) in [7, 11) is 0. The number of ether oxygens (including phenoxy) is 1. The molecule has 0 aliphatic carbocycles. The maximum Gasteiger partial charge on any atom is 0.315 e. The summed E-state index contributed by atoms with van der Waals surface area (Å²) in [4.78, 5) is 14.6. The standard InChI is InChI=1S/C18H25N3O2/c1-13(2)11-21-9-7-14(8-10-21)19-18(22)20-16-12-23-17-6-4-3-5-15(16)17/h3-6,14,16H,1,7-12H2,2H3,(H2,19,20,22)/t16-/m1/s1. The van der Waals surface area contributed by atoms with Crippen molar-refractivity contribution in [1.82, 2.24) is 15.5 Å². The lowest BCUT2D eigenvalue weighted by Gasteiger charge is -2.32. The van der Waals surface area contributed by atoms with Crippen LogP contribution in [0, 0.1) is 0 Å². The number of likely N-dealkylation sites (tertiary alicyclic amines) is 1. The number of para-hydroxylation sites is 1. The Morgan fingerprint density at radius 1 is 1.30 bits per heavy atom. The van der Waals surface area contributed by atoms with Crippen LogP contribution in [-0.2, 0) is 0 Å². The number of amides is 2. The van der Waals surface area contributed by atoms with Crippen LogP contribution in [0.3, 0.4) is 0 Å². The predicted molar refractivity (Wildman–Crippen MR) is 90.6 cm³/mol. The first kappa shape index (κ1) is 15.9. The van der Waals surface area contributed by atoms with Gasteiger partial charge in [0.25, 0.3) is 0 Å². The second-order valence-electron chi connectivity index (χ2n) is 6.53. The van der Waals surface area contributed by atoms with Gasteiger partial charge in [-0.3, -0.25) is 4.90 Å². The molecule has 0 unspecified atom stereocenters. The van der Waals surface area contributed by atoms with Gasteiger partial charge in [-0.1, -0.05) is 30.4 Å². The number of hydrogen-bond donors (Lipinski definition) is 2. The fourth-order valence-electron chi connectivity index (χ4n) is 3.28. The van der Waals surface area contributed by atoms with Crippen LogP contribution in [0.5, 0.6) is 5.75 Å². The molecule has 23 heavy (non-hydrogen) atoms. The Hall–Kier alpha value is -2.01. The molecule has 2 heterocycles. The molecule has 2 N–H and O–H groups in total. The predicted octanol–water partition coefficient (Wildman–Crippen LogP) is 2.46. The van der Waals surface area contributed by atoms with Gasteiger partial charge in [-0.2, -0.15) is 0 Å². The average molecular weight is 315 g/mol. The van der Waals surface area contributed by atoms with Gasteiger partial charge in [-0.25, -0.2) is 4.79 Å². The SMILES string of the molecule is C=C(C)CN1CCC(NC(=O)N[C@@H]2COc3ccccc32)CC1. The zero-order chi connectivity index (χ0) is 16.2. The number of carbonyl (C=O) groups is 1. The zero-order valence-electron chi connectivity index (χ0n) is 13.7. The minimum atomic E-state index is -0.103. The number of fused-ring (bicyclic) bond motifs is 1. The summed E-state index contributed by atoms with van der Waals surface area (Å²) >= 11 is 0. The maximum atomic E-state index is 12.2. The number of piperidine rings is 1. The summed E-state index contributed by atoms with van der Waals surface area (Å²) in [5, 5.41) is 6.12. The molecule has 1 saturated heterocycles. The van der Waals surface area contributed by atoms with E-state index in [2.05, 4.69) is 29.0 Å². The highest BCUT2D eigenvalue weighted by atomic mass is 16.5. The lowest BCUT2D eigenvalue weighted by atomic mass is 10.0. The summed E-state index contributed by atoms with van der Waals surface area (Å²) in [5.41, 5.74) is 2.24. The second kappa shape index (κ2) is 7.04. The number of nitrogens with one attached hydrogen (secondary N) is 2. The van der Waals surface area contributed by atoms with E-state index in [1.54, 1.807) is 0 Å². The van der Waals surface area contributed by atoms with Crippen molar-refractivity contribution < 1.29 is 9.53 Å². The van der Waals surface area contributed by atoms with E-state index in [4.69, 9.17) is 4.74 Å². The normalized spacial score (nSPS) is 21.3. The van der Waals surface area contributed by atoms with E-state index in [1.165, 1.54) is 5.57 Å². The molecule has 0 radical (unpaired) electrons. The van der Waals surface area contributed by atoms with E-state index in [9.17, 15) is 4.79 Å². The van der Waals surface area contributed by atoms with Gasteiger partial charge < -0.3 is 15.4 Å². The van der Waals surface area contributed by atoms with Crippen molar-refractivity contribution in [3.05, 3.63) is 42.0 Å². The van der Waals surface area contributed by atoms with Gasteiger partial charge >= 0.3 is 6.03 Å². The third kappa shape index (κ3) is 4.05. The van der Waals surface area contributed by atoms with Gasteiger partial charge in [0.1, 0.15) is 12.4 Å². The lowest BCUT2D eigenvalue weighted by Crippen LogP contribution is -2.48. The van der Waals surface area contributed by atoms with E-state index in [0.29, 0.717) is 6.61 Å². The van der Waals surface area contributed by atoms with Crippen molar-refractivity contribution in [3.63, 3.8) is 0 Å². The summed E-state index contributed by atoms with van der Waals surface area (Å²) in [6.07, 6.45) is 1.97. The van der Waals surface area contributed by atoms with Crippen molar-refractivity contribution in [1.29, 1.82) is 0 Å². The number of urea groups is 1. The highest BCUT2D eigenvalue weighted by molar-refractivity contribution is 5.75. The van der Waals surface area contributed by atoms with Gasteiger partial charge in [0.2, 0.25) is 0 Å². The first-order valence-electron chi connectivity index (χ1n) is 8.27. The minimum absolute atomic E-state index is 0.0605. The van der Waals surface area contributed by atoms with Crippen LogP contribution in [0.2, 0.25) is 0 Å². The Balaban J connectivity index is 1.45. The first-order chi connectivity index (χ1) is 11.1. The van der Waals surface area contributed by atoms with E-state index in [-0.39, 0.29) is 18.1 Å². The Labute approximate surface area is 137 Å². The minimum Gasteiger partial charge on any atom is -0.491 e. The van der Waals surface area contributed by atoms with E-state index >= 15 is 0 Å². The molecule has 0 aromatic heterocycles. The summed E-state index contributed by atoms with van der Waals surface area (Å²) in [6.45, 7) is 9.49. The first-order valence-corrected chi connectivity index (χ1v) is 8.27. The number of hydrogen-bond acceptors (Lipinski definition) is 3. The highest BCUT2D eigenvalue weighted by Crippen LogP contribution is 2.31. The maximum absolute atomic E-state index is 12.2. The molecular formula is C18H25N3O2. The molecule has 5 heteroatoms. The quantitative estimate of drug-likeness (QED) is 0.839. The summed E-state index contributed by atoms with van der Waals surface area (Å²) in [5.74, 6) is 0.867. The van der Waals surface area contributed by atoms with Crippen molar-refractivity contribution in [3.8, 4) is 5.75 Å². The van der Waals surface area contributed by atoms with E-state index in [1.807, 2.05) is 24.3 Å². The average Bonchev–Trinajstić information content (AvgIpc) is 2.92. The molecule has 2 aliphatic heterocycles. The molecule has 1 aromatic carbocycles. The number of rotatable bonds is 4. The molecule has 5 nitrogen and oxygen atoms in total. The smallest absolute Gasteiger partial charge is 0.315 e. The summed E-state index contributed by atoms with van der Waals surface area (Å²) in [6, 6.07) is 7.94. The van der Waals surface area contributed by atoms with Crippen LogP contribution in [0.25, 0.3) is 0 Å². The van der Waals surface area contributed by atoms with E-state index in [0.717, 1.165) is 43.8 Å². The molecule has 2 amide bonds. The van der Waals surface area contributed by atoms with Crippen LogP contribution >= 0.6 is 0 Å². The molecule has 1 aromatic rings. The zero-order valence-corrected chi connectivity index (χ0v) is 13.7. The van der Waals surface area contributed by atoms with Crippen LogP contribution in [-0.4, -0.2) is 43.2 Å². The van der Waals surface area contributed by atoms with Crippen LogP contribution in [0.4, 0.5) is 4.79 Å². The van der Waals surface area contributed by atoms with Crippen molar-refractivity contribution in [2.75, 3.05) is 26.2 Å². The van der Waals surface area contributed by atoms with Gasteiger partial charge in [-0.15, -0.1) is 0 Å². The Morgan fingerprint density at radius 2 is 2.04 bits per heavy atom. The van der Waals surface area contributed by atoms with Gasteiger partial charge in [0.05, 0.1) is 6.04 Å². The lowest BCUT2D eigenvalue weighted by molar-refractivity contribution is 0.198. The molecule has 0 saturated carbocycles. The van der Waals surface area contributed by atoms with Crippen molar-refractivity contribution >= 4 is 6.03 Å². The second-order valence-corrected chi connectivity index (χ2v) is 6.53. The molecule has 2 aliphatic rings. The van der Waals surface area contributed by atoms with Crippen LogP contribution in [0.1, 0.15) is 31.4 Å². The molecule has 1 atom stereocenters. The number of nitrogens with zero attached hydrogens (tertiary/aromatic N) is 1. The number of benzene rings is 1. The molecule has 124 valence electrons. The fraction of sp³-hybridized carbons (Fsp3) is 0.500. The third-order valence-corrected chi connectivity index (χ3v) is 4.42. The topological polar surface area (TPSA) is 53.6 Å². The van der Waals surface area contributed by atoms with Gasteiger partial charge in [0.15, 0.2) is 0 Å². The molecule has 0 bridgehead atoms. The summed E-state index contributed by atoms with van der Waals surface area (Å²) < 4.78 is 5.60. The highest BCUT2D eigenvalue weighted by Gasteiger charge is 2.26. The molecule has 3 rings (SSSR count). The fourth-order valence-corrected chi connectivity index (χ4v) is 3.28. The largest absolute Gasteiger partial charge is 0.491 e. The Bertz CT molecular complexity index is 579. The van der Waals surface area contributed by atoms with Gasteiger partial charge in [0, 0.05) is 31.2 Å². The third-order valence-electron chi connectivity index (χ3n) is 4.42. The van der Waals surface area contributed by atoms with Crippen molar-refractivity contribution in [2.45, 2.75) is 31.8 Å². The molecule has 1 fully saturated rings. The van der Waals surface area contributed by atoms with Gasteiger partial charge in [-0.05, 0) is 25.8 Å². The monoisotopic (exact) mass is 315 g/mol. The molecule has 0 spiro atoms. The van der Waals surface area contributed by atoms with E-state index < -0.39 is 0 Å².